The number of amides is 3. The minimum absolute atomic E-state index is 0.00180. The second kappa shape index (κ2) is 7.12. The number of urea groups is 1. The summed E-state index contributed by atoms with van der Waals surface area (Å²) in [6.07, 6.45) is 4.27. The van der Waals surface area contributed by atoms with Crippen molar-refractivity contribution in [1.82, 2.24) is 10.6 Å². The summed E-state index contributed by atoms with van der Waals surface area (Å²) >= 11 is 0. The zero-order valence-corrected chi connectivity index (χ0v) is 11.8. The van der Waals surface area contributed by atoms with Crippen LogP contribution in [0, 0.1) is 5.41 Å². The molecule has 7 nitrogen and oxygen atoms in total. The number of primary amides is 1. The molecule has 1 aliphatic rings. The molecule has 1 rings (SSSR count). The van der Waals surface area contributed by atoms with Gasteiger partial charge >= 0.3 is 12.0 Å². The maximum atomic E-state index is 11.7. The van der Waals surface area contributed by atoms with E-state index in [2.05, 4.69) is 17.6 Å². The SMILES string of the molecule is CCCC1(CNC(=O)N[C@@H](CCC(N)=O)C(=O)O)CC1. The van der Waals surface area contributed by atoms with Crippen LogP contribution in [0.15, 0.2) is 0 Å². The highest BCUT2D eigenvalue weighted by Gasteiger charge is 2.41. The number of carbonyl (C=O) groups excluding carboxylic acids is 2. The van der Waals surface area contributed by atoms with Crippen LogP contribution in [0.5, 0.6) is 0 Å². The quantitative estimate of drug-likeness (QED) is 0.495. The van der Waals surface area contributed by atoms with Gasteiger partial charge in [-0.15, -0.1) is 0 Å². The third-order valence-corrected chi connectivity index (χ3v) is 3.64. The van der Waals surface area contributed by atoms with Gasteiger partial charge in [0.2, 0.25) is 5.91 Å². The molecule has 5 N–H and O–H groups in total. The molecule has 20 heavy (non-hydrogen) atoms. The van der Waals surface area contributed by atoms with Gasteiger partial charge in [-0.1, -0.05) is 13.3 Å². The first kappa shape index (κ1) is 16.3. The standard InChI is InChI=1S/C13H23N3O4/c1-2-5-13(6-7-13)8-15-12(20)16-9(11(18)19)3-4-10(14)17/h9H,2-8H2,1H3,(H2,14,17)(H,18,19)(H2,15,16,20)/t9-/m0/s1. The first-order valence-corrected chi connectivity index (χ1v) is 6.94. The molecule has 1 saturated carbocycles. The van der Waals surface area contributed by atoms with Gasteiger partial charge in [-0.25, -0.2) is 9.59 Å². The van der Waals surface area contributed by atoms with Crippen molar-refractivity contribution in [2.45, 2.75) is 51.5 Å². The molecule has 0 spiro atoms. The van der Waals surface area contributed by atoms with Gasteiger partial charge in [0.05, 0.1) is 0 Å². The lowest BCUT2D eigenvalue weighted by Gasteiger charge is -2.18. The molecule has 0 aromatic rings. The van der Waals surface area contributed by atoms with Gasteiger partial charge in [-0.05, 0) is 31.1 Å². The molecule has 1 fully saturated rings. The molecule has 0 heterocycles. The number of carboxylic acid groups (broad SMARTS) is 1. The molecular weight excluding hydrogens is 262 g/mol. The smallest absolute Gasteiger partial charge is 0.326 e. The number of hydrogen-bond acceptors (Lipinski definition) is 3. The Hall–Kier alpha value is -1.79. The number of aliphatic carboxylic acids is 1. The monoisotopic (exact) mass is 285 g/mol. The Morgan fingerprint density at radius 1 is 1.35 bits per heavy atom. The maximum absolute atomic E-state index is 11.7. The van der Waals surface area contributed by atoms with Gasteiger partial charge in [0, 0.05) is 13.0 Å². The molecule has 0 saturated heterocycles. The molecule has 1 atom stereocenters. The zero-order chi connectivity index (χ0) is 15.2. The van der Waals surface area contributed by atoms with Crippen LogP contribution in [0.1, 0.15) is 45.4 Å². The Balaban J connectivity index is 2.34. The van der Waals surface area contributed by atoms with Gasteiger partial charge in [0.25, 0.3) is 0 Å². The van der Waals surface area contributed by atoms with E-state index < -0.39 is 23.9 Å². The molecule has 0 aliphatic heterocycles. The van der Waals surface area contributed by atoms with E-state index in [1.54, 1.807) is 0 Å². The Kier molecular flexibility index (Phi) is 5.79. The summed E-state index contributed by atoms with van der Waals surface area (Å²) in [6, 6.07) is -1.60. The van der Waals surface area contributed by atoms with Crippen molar-refractivity contribution in [1.29, 1.82) is 0 Å². The van der Waals surface area contributed by atoms with E-state index in [1.807, 2.05) is 0 Å². The van der Waals surface area contributed by atoms with Crippen LogP contribution in [-0.2, 0) is 9.59 Å². The van der Waals surface area contributed by atoms with E-state index in [4.69, 9.17) is 10.8 Å². The van der Waals surface area contributed by atoms with Crippen LogP contribution in [0.2, 0.25) is 0 Å². The van der Waals surface area contributed by atoms with Crippen LogP contribution >= 0.6 is 0 Å². The summed E-state index contributed by atoms with van der Waals surface area (Å²) in [5.41, 5.74) is 5.18. The summed E-state index contributed by atoms with van der Waals surface area (Å²) in [6.45, 7) is 2.67. The topological polar surface area (TPSA) is 122 Å². The van der Waals surface area contributed by atoms with E-state index in [0.717, 1.165) is 25.7 Å². The number of nitrogens with one attached hydrogen (secondary N) is 2. The number of rotatable bonds is 9. The highest BCUT2D eigenvalue weighted by Crippen LogP contribution is 2.48. The highest BCUT2D eigenvalue weighted by atomic mass is 16.4. The lowest BCUT2D eigenvalue weighted by atomic mass is 10.0. The molecule has 3 amide bonds. The van der Waals surface area contributed by atoms with Crippen molar-refractivity contribution in [2.24, 2.45) is 11.1 Å². The first-order chi connectivity index (χ1) is 9.38. The average molecular weight is 285 g/mol. The second-order valence-electron chi connectivity index (χ2n) is 5.47. The number of carboxylic acids is 1. The molecule has 0 aromatic heterocycles. The van der Waals surface area contributed by atoms with Crippen molar-refractivity contribution in [3.63, 3.8) is 0 Å². The van der Waals surface area contributed by atoms with Crippen molar-refractivity contribution >= 4 is 17.9 Å². The Morgan fingerprint density at radius 2 is 2.00 bits per heavy atom. The molecule has 0 aromatic carbocycles. The van der Waals surface area contributed by atoms with Gasteiger partial charge in [0.1, 0.15) is 6.04 Å². The number of hydrogen-bond donors (Lipinski definition) is 4. The van der Waals surface area contributed by atoms with E-state index in [0.29, 0.717) is 6.54 Å². The summed E-state index contributed by atoms with van der Waals surface area (Å²) < 4.78 is 0. The Morgan fingerprint density at radius 3 is 2.45 bits per heavy atom. The Bertz CT molecular complexity index is 380. The van der Waals surface area contributed by atoms with E-state index >= 15 is 0 Å². The summed E-state index contributed by atoms with van der Waals surface area (Å²) in [4.78, 5) is 33.3. The van der Waals surface area contributed by atoms with Gasteiger partial charge in [-0.2, -0.15) is 0 Å². The molecule has 7 heteroatoms. The van der Waals surface area contributed by atoms with E-state index in [9.17, 15) is 14.4 Å². The van der Waals surface area contributed by atoms with Crippen LogP contribution < -0.4 is 16.4 Å². The third kappa shape index (κ3) is 5.46. The largest absolute Gasteiger partial charge is 0.480 e. The van der Waals surface area contributed by atoms with Gasteiger partial charge < -0.3 is 21.5 Å². The van der Waals surface area contributed by atoms with Crippen LogP contribution in [0.25, 0.3) is 0 Å². The fourth-order valence-corrected chi connectivity index (χ4v) is 2.24. The molecule has 0 unspecified atom stereocenters. The molecule has 0 radical (unpaired) electrons. The predicted octanol–water partition coefficient (Wildman–Crippen LogP) is 0.585. The number of nitrogens with two attached hydrogens (primary N) is 1. The Labute approximate surface area is 118 Å². The van der Waals surface area contributed by atoms with E-state index in [-0.39, 0.29) is 18.3 Å². The minimum Gasteiger partial charge on any atom is -0.480 e. The van der Waals surface area contributed by atoms with Crippen LogP contribution in [0.3, 0.4) is 0 Å². The molecule has 1 aliphatic carbocycles. The molecule has 0 bridgehead atoms. The summed E-state index contributed by atoms with van der Waals surface area (Å²) in [5, 5.41) is 14.0. The first-order valence-electron chi connectivity index (χ1n) is 6.94. The predicted molar refractivity (Wildman–Crippen MR) is 73.0 cm³/mol. The lowest BCUT2D eigenvalue weighted by molar-refractivity contribution is -0.139. The van der Waals surface area contributed by atoms with Crippen molar-refractivity contribution in [2.75, 3.05) is 6.54 Å². The fraction of sp³-hybridized carbons (Fsp3) is 0.769. The van der Waals surface area contributed by atoms with Crippen molar-refractivity contribution in [3.05, 3.63) is 0 Å². The van der Waals surface area contributed by atoms with Crippen molar-refractivity contribution < 1.29 is 19.5 Å². The summed E-state index contributed by atoms with van der Waals surface area (Å²) in [5.74, 6) is -1.76. The lowest BCUT2D eigenvalue weighted by Crippen LogP contribution is -2.47. The van der Waals surface area contributed by atoms with Crippen LogP contribution in [0.4, 0.5) is 4.79 Å². The van der Waals surface area contributed by atoms with E-state index in [1.165, 1.54) is 0 Å². The summed E-state index contributed by atoms with van der Waals surface area (Å²) in [7, 11) is 0. The van der Waals surface area contributed by atoms with Crippen LogP contribution in [-0.4, -0.2) is 35.6 Å². The minimum atomic E-state index is -1.17. The molecular formula is C13H23N3O4. The molecule has 114 valence electrons. The number of carbonyl (C=O) groups is 3. The zero-order valence-electron chi connectivity index (χ0n) is 11.8. The average Bonchev–Trinajstić information content (AvgIpc) is 3.12. The maximum Gasteiger partial charge on any atom is 0.326 e. The van der Waals surface area contributed by atoms with Crippen molar-refractivity contribution in [3.8, 4) is 0 Å². The second-order valence-corrected chi connectivity index (χ2v) is 5.47. The fourth-order valence-electron chi connectivity index (χ4n) is 2.24. The highest BCUT2D eigenvalue weighted by molar-refractivity contribution is 5.83. The van der Waals surface area contributed by atoms with Gasteiger partial charge in [-0.3, -0.25) is 4.79 Å². The van der Waals surface area contributed by atoms with Gasteiger partial charge in [0.15, 0.2) is 0 Å². The normalized spacial score (nSPS) is 17.1. The third-order valence-electron chi connectivity index (χ3n) is 3.64.